The third kappa shape index (κ3) is 5.42. The Kier molecular flexibility index (Phi) is 5.49. The Morgan fingerprint density at radius 3 is 2.56 bits per heavy atom. The second-order valence-electron chi connectivity index (χ2n) is 5.60. The van der Waals surface area contributed by atoms with Crippen LogP contribution >= 0.6 is 0 Å². The van der Waals surface area contributed by atoms with Crippen molar-refractivity contribution in [2.75, 3.05) is 6.61 Å². The van der Waals surface area contributed by atoms with Crippen molar-refractivity contribution in [2.24, 2.45) is 0 Å². The summed E-state index contributed by atoms with van der Waals surface area (Å²) in [5.41, 5.74) is 0.790. The van der Waals surface area contributed by atoms with Gasteiger partial charge >= 0.3 is 0 Å². The molecule has 0 aliphatic carbocycles. The van der Waals surface area contributed by atoms with Crippen molar-refractivity contribution in [1.29, 1.82) is 0 Å². The van der Waals surface area contributed by atoms with Crippen molar-refractivity contribution >= 4 is 13.8 Å². The van der Waals surface area contributed by atoms with Crippen molar-refractivity contribution in [1.82, 2.24) is 0 Å². The van der Waals surface area contributed by atoms with Gasteiger partial charge in [-0.1, -0.05) is 37.8 Å². The van der Waals surface area contributed by atoms with Crippen molar-refractivity contribution in [3.8, 4) is 0 Å². The maximum Gasteiger partial charge on any atom is 0.274 e. The van der Waals surface area contributed by atoms with Crippen LogP contribution in [0.4, 0.5) is 5.69 Å². The Morgan fingerprint density at radius 2 is 1.94 bits per heavy atom. The molecule has 5 heteroatoms. The van der Waals surface area contributed by atoms with Gasteiger partial charge in [-0.05, 0) is 12.5 Å². The fourth-order valence-corrected chi connectivity index (χ4v) is 2.90. The molecule has 1 aromatic carbocycles. The van der Waals surface area contributed by atoms with Gasteiger partial charge in [-0.15, -0.1) is 0 Å². The van der Waals surface area contributed by atoms with Gasteiger partial charge in [0, 0.05) is 20.7 Å². The number of hydrogen-bond acceptors (Lipinski definition) is 3. The molecular formula is C13H21NO3Si. The monoisotopic (exact) mass is 267 g/mol. The molecule has 0 aromatic heterocycles. The number of nitro groups is 1. The summed E-state index contributed by atoms with van der Waals surface area (Å²) in [6, 6.07) is 7.96. The Hall–Kier alpha value is -1.20. The lowest BCUT2D eigenvalue weighted by Gasteiger charge is -2.15. The van der Waals surface area contributed by atoms with E-state index in [0.717, 1.165) is 6.42 Å². The zero-order chi connectivity index (χ0) is 13.6. The van der Waals surface area contributed by atoms with Crippen molar-refractivity contribution in [2.45, 2.75) is 38.7 Å². The summed E-state index contributed by atoms with van der Waals surface area (Å²) < 4.78 is 5.52. The third-order valence-electron chi connectivity index (χ3n) is 2.66. The first-order chi connectivity index (χ1) is 8.40. The lowest BCUT2D eigenvalue weighted by Crippen LogP contribution is -2.19. The molecule has 1 aromatic rings. The topological polar surface area (TPSA) is 52.4 Å². The molecule has 18 heavy (non-hydrogen) atoms. The van der Waals surface area contributed by atoms with E-state index in [0.29, 0.717) is 18.8 Å². The van der Waals surface area contributed by atoms with Gasteiger partial charge in [0.2, 0.25) is 0 Å². The van der Waals surface area contributed by atoms with Gasteiger partial charge in [0.05, 0.1) is 17.1 Å². The van der Waals surface area contributed by atoms with Crippen LogP contribution in [-0.4, -0.2) is 19.6 Å². The molecule has 0 fully saturated rings. The van der Waals surface area contributed by atoms with Crippen LogP contribution < -0.4 is 0 Å². The summed E-state index contributed by atoms with van der Waals surface area (Å²) in [5, 5.41) is 10.8. The molecule has 1 rings (SSSR count). The van der Waals surface area contributed by atoms with E-state index in [1.807, 2.05) is 0 Å². The fourth-order valence-electron chi connectivity index (χ4n) is 1.70. The third-order valence-corrected chi connectivity index (χ3v) is 4.51. The summed E-state index contributed by atoms with van der Waals surface area (Å²) in [4.78, 5) is 10.4. The van der Waals surface area contributed by atoms with Gasteiger partial charge in [0.1, 0.15) is 0 Å². The SMILES string of the molecule is C[Si](C)(C)CCCOCc1ccccc1[N+](=O)[O-]. The van der Waals surface area contributed by atoms with Crippen molar-refractivity contribution in [3.05, 3.63) is 39.9 Å². The number of ether oxygens (including phenoxy) is 1. The first-order valence-electron chi connectivity index (χ1n) is 6.20. The van der Waals surface area contributed by atoms with Crippen LogP contribution in [0.2, 0.25) is 25.7 Å². The molecular weight excluding hydrogens is 246 g/mol. The van der Waals surface area contributed by atoms with E-state index in [2.05, 4.69) is 19.6 Å². The summed E-state index contributed by atoms with van der Waals surface area (Å²) in [6.45, 7) is 7.98. The van der Waals surface area contributed by atoms with Crippen LogP contribution in [0, 0.1) is 10.1 Å². The molecule has 0 saturated heterocycles. The second kappa shape index (κ2) is 6.66. The van der Waals surface area contributed by atoms with E-state index in [1.54, 1.807) is 18.2 Å². The molecule has 0 spiro atoms. The normalized spacial score (nSPS) is 11.5. The number of para-hydroxylation sites is 1. The van der Waals surface area contributed by atoms with Gasteiger partial charge < -0.3 is 4.74 Å². The first-order valence-corrected chi connectivity index (χ1v) is 9.91. The predicted octanol–water partition coefficient (Wildman–Crippen LogP) is 3.84. The highest BCUT2D eigenvalue weighted by molar-refractivity contribution is 6.76. The summed E-state index contributed by atoms with van der Waals surface area (Å²) in [6.07, 6.45) is 1.04. The fraction of sp³-hybridized carbons (Fsp3) is 0.538. The number of nitro benzene ring substituents is 1. The van der Waals surface area contributed by atoms with Gasteiger partial charge in [-0.2, -0.15) is 0 Å². The molecule has 0 radical (unpaired) electrons. The standard InChI is InChI=1S/C13H21NO3Si/c1-18(2,3)10-6-9-17-11-12-7-4-5-8-13(12)14(15)16/h4-5,7-8H,6,9-11H2,1-3H3. The van der Waals surface area contributed by atoms with E-state index < -0.39 is 8.07 Å². The molecule has 100 valence electrons. The van der Waals surface area contributed by atoms with Crippen molar-refractivity contribution in [3.63, 3.8) is 0 Å². The molecule has 0 aliphatic heterocycles. The average Bonchev–Trinajstić information content (AvgIpc) is 2.27. The molecule has 0 unspecified atom stereocenters. The van der Waals surface area contributed by atoms with Crippen LogP contribution in [0.1, 0.15) is 12.0 Å². The lowest BCUT2D eigenvalue weighted by molar-refractivity contribution is -0.385. The highest BCUT2D eigenvalue weighted by Gasteiger charge is 2.13. The number of nitrogens with zero attached hydrogens (tertiary/aromatic N) is 1. The Morgan fingerprint density at radius 1 is 1.28 bits per heavy atom. The summed E-state index contributed by atoms with van der Waals surface area (Å²) in [7, 11) is -1.00. The quantitative estimate of drug-likeness (QED) is 0.326. The van der Waals surface area contributed by atoms with E-state index in [9.17, 15) is 10.1 Å². The maximum absolute atomic E-state index is 10.8. The highest BCUT2D eigenvalue weighted by Crippen LogP contribution is 2.18. The first kappa shape index (κ1) is 14.9. The smallest absolute Gasteiger partial charge is 0.274 e. The Balaban J connectivity index is 2.38. The van der Waals surface area contributed by atoms with Crippen LogP contribution in [0.15, 0.2) is 24.3 Å². The van der Waals surface area contributed by atoms with Gasteiger partial charge in [0.15, 0.2) is 0 Å². The molecule has 0 atom stereocenters. The average molecular weight is 267 g/mol. The van der Waals surface area contributed by atoms with E-state index in [4.69, 9.17) is 4.74 Å². The Labute approximate surface area is 109 Å². The molecule has 0 aliphatic rings. The van der Waals surface area contributed by atoms with E-state index in [-0.39, 0.29) is 10.6 Å². The number of hydrogen-bond donors (Lipinski definition) is 0. The van der Waals surface area contributed by atoms with Crippen LogP contribution in [-0.2, 0) is 11.3 Å². The zero-order valence-corrected chi connectivity index (χ0v) is 12.3. The predicted molar refractivity (Wildman–Crippen MR) is 75.5 cm³/mol. The summed E-state index contributed by atoms with van der Waals surface area (Å²) >= 11 is 0. The van der Waals surface area contributed by atoms with E-state index >= 15 is 0 Å². The summed E-state index contributed by atoms with van der Waals surface area (Å²) in [5.74, 6) is 0. The number of rotatable bonds is 7. The molecule has 0 bridgehead atoms. The minimum Gasteiger partial charge on any atom is -0.377 e. The largest absolute Gasteiger partial charge is 0.377 e. The van der Waals surface area contributed by atoms with Crippen LogP contribution in [0.5, 0.6) is 0 Å². The van der Waals surface area contributed by atoms with E-state index in [1.165, 1.54) is 12.1 Å². The molecule has 0 heterocycles. The van der Waals surface area contributed by atoms with Gasteiger partial charge in [-0.25, -0.2) is 0 Å². The minimum atomic E-state index is -1.00. The van der Waals surface area contributed by atoms with Crippen LogP contribution in [0.25, 0.3) is 0 Å². The minimum absolute atomic E-state index is 0.141. The molecule has 0 saturated carbocycles. The zero-order valence-electron chi connectivity index (χ0n) is 11.3. The second-order valence-corrected chi connectivity index (χ2v) is 11.2. The number of benzene rings is 1. The van der Waals surface area contributed by atoms with Crippen LogP contribution in [0.3, 0.4) is 0 Å². The highest BCUT2D eigenvalue weighted by atomic mass is 28.3. The maximum atomic E-state index is 10.8. The molecule has 0 amide bonds. The molecule has 0 N–H and O–H groups in total. The van der Waals surface area contributed by atoms with Gasteiger partial charge in [0.25, 0.3) is 5.69 Å². The molecule has 4 nitrogen and oxygen atoms in total. The lowest BCUT2D eigenvalue weighted by atomic mass is 10.2. The van der Waals surface area contributed by atoms with Gasteiger partial charge in [-0.3, -0.25) is 10.1 Å². The van der Waals surface area contributed by atoms with Crippen molar-refractivity contribution < 1.29 is 9.66 Å². The Bertz CT molecular complexity index is 401.